The summed E-state index contributed by atoms with van der Waals surface area (Å²) in [7, 11) is 0. The summed E-state index contributed by atoms with van der Waals surface area (Å²) in [6.45, 7) is 4.07. The van der Waals surface area contributed by atoms with Crippen molar-refractivity contribution >= 4 is 29.8 Å². The molecule has 0 aromatic heterocycles. The van der Waals surface area contributed by atoms with Gasteiger partial charge in [0.25, 0.3) is 0 Å². The third kappa shape index (κ3) is 2.86. The molecule has 7 nitrogen and oxygen atoms in total. The van der Waals surface area contributed by atoms with Crippen LogP contribution in [0.4, 0.5) is 16.2 Å². The highest BCUT2D eigenvalue weighted by Gasteiger charge is 2.34. The molecule has 0 saturated carbocycles. The monoisotopic (exact) mass is 317 g/mol. The standard InChI is InChI=1S/C16H19N3O4/c1-10-5-12-3-4-13(6-15(12)19(10)9-20)18-8-14(23-16(18)22)7-17-11(2)21/h3-4,6,9-10,14H,5,7-8H2,1-2H3,(H,17,21). The van der Waals surface area contributed by atoms with Crippen LogP contribution in [0, 0.1) is 0 Å². The van der Waals surface area contributed by atoms with Gasteiger partial charge in [0.05, 0.1) is 13.1 Å². The van der Waals surface area contributed by atoms with Crippen LogP contribution in [-0.2, 0) is 20.7 Å². The minimum atomic E-state index is -0.441. The van der Waals surface area contributed by atoms with Crippen LogP contribution in [0.25, 0.3) is 0 Å². The molecule has 3 rings (SSSR count). The molecule has 2 aliphatic rings. The summed E-state index contributed by atoms with van der Waals surface area (Å²) >= 11 is 0. The Hall–Kier alpha value is -2.57. The average molecular weight is 317 g/mol. The molecule has 2 unspecified atom stereocenters. The minimum absolute atomic E-state index is 0.121. The SMILES string of the molecule is CC(=O)NCC1CN(c2ccc3c(c2)N(C=O)C(C)C3)C(=O)O1. The van der Waals surface area contributed by atoms with E-state index in [-0.39, 0.29) is 18.1 Å². The fourth-order valence-electron chi connectivity index (χ4n) is 3.04. The van der Waals surface area contributed by atoms with Gasteiger partial charge in [-0.1, -0.05) is 6.07 Å². The summed E-state index contributed by atoms with van der Waals surface area (Å²) in [5.74, 6) is -0.160. The van der Waals surface area contributed by atoms with E-state index in [4.69, 9.17) is 4.74 Å². The van der Waals surface area contributed by atoms with E-state index in [9.17, 15) is 14.4 Å². The number of hydrogen-bond donors (Lipinski definition) is 1. The van der Waals surface area contributed by atoms with Crippen LogP contribution in [-0.4, -0.2) is 43.6 Å². The normalized spacial score (nSPS) is 22.8. The van der Waals surface area contributed by atoms with E-state index in [2.05, 4.69) is 5.32 Å². The molecule has 2 heterocycles. The van der Waals surface area contributed by atoms with Crippen molar-refractivity contribution in [3.05, 3.63) is 23.8 Å². The van der Waals surface area contributed by atoms with E-state index >= 15 is 0 Å². The smallest absolute Gasteiger partial charge is 0.414 e. The van der Waals surface area contributed by atoms with Gasteiger partial charge in [-0.05, 0) is 31.0 Å². The summed E-state index contributed by atoms with van der Waals surface area (Å²) in [4.78, 5) is 37.5. The second-order valence-corrected chi connectivity index (χ2v) is 5.93. The van der Waals surface area contributed by atoms with Gasteiger partial charge in [-0.25, -0.2) is 4.79 Å². The summed E-state index contributed by atoms with van der Waals surface area (Å²) in [6.07, 6.45) is 0.816. The number of cyclic esters (lactones) is 1. The first kappa shape index (κ1) is 15.3. The molecule has 2 aliphatic heterocycles. The first-order valence-corrected chi connectivity index (χ1v) is 7.58. The van der Waals surface area contributed by atoms with Crippen molar-refractivity contribution in [2.24, 2.45) is 0 Å². The highest BCUT2D eigenvalue weighted by molar-refractivity contribution is 5.92. The zero-order valence-electron chi connectivity index (χ0n) is 13.1. The second-order valence-electron chi connectivity index (χ2n) is 5.93. The Morgan fingerprint density at radius 3 is 2.96 bits per heavy atom. The summed E-state index contributed by atoms with van der Waals surface area (Å²) < 4.78 is 5.26. The van der Waals surface area contributed by atoms with Gasteiger partial charge < -0.3 is 15.0 Å². The van der Waals surface area contributed by atoms with Gasteiger partial charge in [0, 0.05) is 24.3 Å². The van der Waals surface area contributed by atoms with E-state index in [1.807, 2.05) is 25.1 Å². The number of amides is 3. The van der Waals surface area contributed by atoms with E-state index in [1.54, 1.807) is 4.90 Å². The Bertz CT molecular complexity index is 661. The molecule has 1 saturated heterocycles. The number of ether oxygens (including phenoxy) is 1. The van der Waals surface area contributed by atoms with Gasteiger partial charge in [0.1, 0.15) is 6.10 Å². The average Bonchev–Trinajstić information content (AvgIpc) is 3.03. The number of benzene rings is 1. The molecular formula is C16H19N3O4. The molecule has 1 fully saturated rings. The minimum Gasteiger partial charge on any atom is -0.442 e. The van der Waals surface area contributed by atoms with Gasteiger partial charge in [-0.2, -0.15) is 0 Å². The maximum atomic E-state index is 12.1. The van der Waals surface area contributed by atoms with Crippen LogP contribution in [0.15, 0.2) is 18.2 Å². The lowest BCUT2D eigenvalue weighted by Crippen LogP contribution is -2.33. The van der Waals surface area contributed by atoms with Crippen molar-refractivity contribution in [2.45, 2.75) is 32.4 Å². The lowest BCUT2D eigenvalue weighted by atomic mass is 10.1. The molecule has 23 heavy (non-hydrogen) atoms. The van der Waals surface area contributed by atoms with E-state index in [1.165, 1.54) is 11.8 Å². The number of hydrogen-bond acceptors (Lipinski definition) is 4. The van der Waals surface area contributed by atoms with Crippen molar-refractivity contribution < 1.29 is 19.1 Å². The van der Waals surface area contributed by atoms with Crippen LogP contribution >= 0.6 is 0 Å². The number of anilines is 2. The molecule has 3 amide bonds. The lowest BCUT2D eigenvalue weighted by Gasteiger charge is -2.19. The maximum absolute atomic E-state index is 12.1. The van der Waals surface area contributed by atoms with Gasteiger partial charge in [-0.3, -0.25) is 14.5 Å². The molecule has 0 radical (unpaired) electrons. The van der Waals surface area contributed by atoms with Crippen molar-refractivity contribution in [3.63, 3.8) is 0 Å². The predicted molar refractivity (Wildman–Crippen MR) is 84.4 cm³/mol. The Balaban J connectivity index is 1.78. The Morgan fingerprint density at radius 2 is 2.26 bits per heavy atom. The van der Waals surface area contributed by atoms with Crippen LogP contribution in [0.1, 0.15) is 19.4 Å². The van der Waals surface area contributed by atoms with E-state index in [0.717, 1.165) is 24.1 Å². The highest BCUT2D eigenvalue weighted by Crippen LogP contribution is 2.35. The predicted octanol–water partition coefficient (Wildman–Crippen LogP) is 1.06. The fourth-order valence-corrected chi connectivity index (χ4v) is 3.04. The van der Waals surface area contributed by atoms with Gasteiger partial charge in [0.15, 0.2) is 0 Å². The molecule has 1 N–H and O–H groups in total. The maximum Gasteiger partial charge on any atom is 0.414 e. The van der Waals surface area contributed by atoms with Crippen molar-refractivity contribution in [1.29, 1.82) is 0 Å². The first-order valence-electron chi connectivity index (χ1n) is 7.58. The fraction of sp³-hybridized carbons (Fsp3) is 0.438. The molecule has 7 heteroatoms. The number of carbonyl (C=O) groups excluding carboxylic acids is 3. The Labute approximate surface area is 134 Å². The van der Waals surface area contributed by atoms with Gasteiger partial charge in [-0.15, -0.1) is 0 Å². The van der Waals surface area contributed by atoms with Crippen molar-refractivity contribution in [3.8, 4) is 0 Å². The van der Waals surface area contributed by atoms with Gasteiger partial charge in [0.2, 0.25) is 12.3 Å². The molecule has 0 aliphatic carbocycles. The number of carbonyl (C=O) groups is 3. The second kappa shape index (κ2) is 5.91. The molecule has 1 aromatic rings. The summed E-state index contributed by atoms with van der Waals surface area (Å²) in [6, 6.07) is 5.77. The number of nitrogens with one attached hydrogen (secondary N) is 1. The molecule has 0 bridgehead atoms. The number of fused-ring (bicyclic) bond motifs is 1. The largest absolute Gasteiger partial charge is 0.442 e. The van der Waals surface area contributed by atoms with Crippen LogP contribution < -0.4 is 15.1 Å². The topological polar surface area (TPSA) is 79.0 Å². The van der Waals surface area contributed by atoms with Crippen LogP contribution in [0.3, 0.4) is 0 Å². The third-order valence-corrected chi connectivity index (χ3v) is 4.22. The number of rotatable bonds is 4. The third-order valence-electron chi connectivity index (χ3n) is 4.22. The highest BCUT2D eigenvalue weighted by atomic mass is 16.6. The van der Waals surface area contributed by atoms with Crippen molar-refractivity contribution in [1.82, 2.24) is 5.32 Å². The van der Waals surface area contributed by atoms with Gasteiger partial charge >= 0.3 is 6.09 Å². The summed E-state index contributed by atoms with van der Waals surface area (Å²) in [5.41, 5.74) is 2.62. The summed E-state index contributed by atoms with van der Waals surface area (Å²) in [5, 5.41) is 2.65. The quantitative estimate of drug-likeness (QED) is 0.842. The lowest BCUT2D eigenvalue weighted by molar-refractivity contribution is -0.119. The van der Waals surface area contributed by atoms with Crippen LogP contribution in [0.5, 0.6) is 0 Å². The number of nitrogens with zero attached hydrogens (tertiary/aromatic N) is 2. The molecule has 0 spiro atoms. The molecule has 2 atom stereocenters. The zero-order chi connectivity index (χ0) is 16.6. The Kier molecular flexibility index (Phi) is 3.94. The molecule has 1 aromatic carbocycles. The molecule has 122 valence electrons. The Morgan fingerprint density at radius 1 is 1.48 bits per heavy atom. The molecular weight excluding hydrogens is 298 g/mol. The first-order chi connectivity index (χ1) is 11.0. The van der Waals surface area contributed by atoms with Crippen molar-refractivity contribution in [2.75, 3.05) is 22.9 Å². The van der Waals surface area contributed by atoms with Crippen LogP contribution in [0.2, 0.25) is 0 Å². The van der Waals surface area contributed by atoms with E-state index < -0.39 is 6.09 Å². The zero-order valence-corrected chi connectivity index (χ0v) is 13.1. The van der Waals surface area contributed by atoms with E-state index in [0.29, 0.717) is 18.8 Å².